The quantitative estimate of drug-likeness (QED) is 0.307. The Morgan fingerprint density at radius 3 is 1.35 bits per heavy atom. The lowest BCUT2D eigenvalue weighted by Crippen LogP contribution is -2.21. The Labute approximate surface area is 218 Å². The van der Waals surface area contributed by atoms with Gasteiger partial charge in [-0.05, 0) is 47.5 Å². The van der Waals surface area contributed by atoms with Gasteiger partial charge in [0.05, 0.1) is 0 Å². The third-order valence-corrected chi connectivity index (χ3v) is 6.05. The molecular weight excluding hydrogens is 514 g/mol. The van der Waals surface area contributed by atoms with E-state index in [1.165, 1.54) is 12.2 Å². The summed E-state index contributed by atoms with van der Waals surface area (Å²) in [6.07, 6.45) is 5.92. The van der Waals surface area contributed by atoms with E-state index >= 15 is 0 Å². The van der Waals surface area contributed by atoms with Gasteiger partial charge in [-0.1, -0.05) is 82.8 Å². The molecule has 0 saturated carbocycles. The summed E-state index contributed by atoms with van der Waals surface area (Å²) < 4.78 is 0. The highest BCUT2D eigenvalue weighted by Crippen LogP contribution is 2.26. The number of halogens is 4. The molecule has 0 fully saturated rings. The van der Waals surface area contributed by atoms with E-state index in [0.717, 1.165) is 11.1 Å². The summed E-state index contributed by atoms with van der Waals surface area (Å²) in [5, 5.41) is 7.50. The maximum atomic E-state index is 12.2. The minimum atomic E-state index is -0.280. The van der Waals surface area contributed by atoms with E-state index in [-0.39, 0.29) is 11.8 Å². The van der Waals surface area contributed by atoms with Crippen molar-refractivity contribution in [2.75, 3.05) is 0 Å². The van der Waals surface area contributed by atoms with Gasteiger partial charge in [0.1, 0.15) is 0 Å². The van der Waals surface area contributed by atoms with Crippen LogP contribution in [0.25, 0.3) is 12.2 Å². The molecule has 34 heavy (non-hydrogen) atoms. The first-order chi connectivity index (χ1) is 16.3. The third-order valence-electron chi connectivity index (χ3n) is 4.73. The van der Waals surface area contributed by atoms with E-state index in [1.807, 2.05) is 24.3 Å². The third kappa shape index (κ3) is 7.64. The Hall–Kier alpha value is -2.76. The minimum absolute atomic E-state index is 0.280. The summed E-state index contributed by atoms with van der Waals surface area (Å²) in [4.78, 5) is 24.4. The average Bonchev–Trinajstić information content (AvgIpc) is 2.81. The highest BCUT2D eigenvalue weighted by Gasteiger charge is 2.05. The molecule has 8 heteroatoms. The maximum absolute atomic E-state index is 12.2. The monoisotopic (exact) mass is 532 g/mol. The number of rotatable bonds is 8. The summed E-state index contributed by atoms with van der Waals surface area (Å²) in [6, 6.07) is 17.8. The predicted octanol–water partition coefficient (Wildman–Crippen LogP) is 6.96. The summed E-state index contributed by atoms with van der Waals surface area (Å²) >= 11 is 24.4. The molecule has 0 spiro atoms. The summed E-state index contributed by atoms with van der Waals surface area (Å²) in [6.45, 7) is 0.651. The molecule has 0 bridgehead atoms. The molecule has 3 rings (SSSR count). The fourth-order valence-corrected chi connectivity index (χ4v) is 4.05. The van der Waals surface area contributed by atoms with Crippen LogP contribution in [-0.2, 0) is 22.7 Å². The molecule has 0 aromatic heterocycles. The number of carbonyl (C=O) groups excluding carboxylic acids is 2. The van der Waals surface area contributed by atoms with Crippen molar-refractivity contribution in [2.45, 2.75) is 13.1 Å². The van der Waals surface area contributed by atoms with Crippen molar-refractivity contribution >= 4 is 70.4 Å². The first-order valence-corrected chi connectivity index (χ1v) is 11.7. The Kier molecular flexibility index (Phi) is 9.61. The fraction of sp³-hybridized carbons (Fsp3) is 0.0769. The van der Waals surface area contributed by atoms with Crippen LogP contribution in [-0.4, -0.2) is 11.8 Å². The molecule has 0 unspecified atom stereocenters. The first-order valence-electron chi connectivity index (χ1n) is 10.2. The van der Waals surface area contributed by atoms with E-state index in [9.17, 15) is 9.59 Å². The van der Waals surface area contributed by atoms with Crippen molar-refractivity contribution in [3.8, 4) is 0 Å². The van der Waals surface area contributed by atoms with Gasteiger partial charge in [0.15, 0.2) is 0 Å². The van der Waals surface area contributed by atoms with Crippen molar-refractivity contribution in [3.05, 3.63) is 115 Å². The second-order valence-corrected chi connectivity index (χ2v) is 8.82. The highest BCUT2D eigenvalue weighted by molar-refractivity contribution is 6.37. The molecule has 0 radical (unpaired) electrons. The lowest BCUT2D eigenvalue weighted by molar-refractivity contribution is -0.117. The predicted molar refractivity (Wildman–Crippen MR) is 141 cm³/mol. The molecule has 0 heterocycles. The van der Waals surface area contributed by atoms with Crippen LogP contribution in [0.3, 0.4) is 0 Å². The smallest absolute Gasteiger partial charge is 0.244 e. The molecule has 174 valence electrons. The number of hydrogen-bond donors (Lipinski definition) is 2. The molecule has 3 aromatic rings. The lowest BCUT2D eigenvalue weighted by Gasteiger charge is -2.07. The molecular formula is C26H20Cl4N2O2. The first kappa shape index (κ1) is 25.9. The Morgan fingerprint density at radius 2 is 0.971 bits per heavy atom. The van der Waals surface area contributed by atoms with Gasteiger partial charge in [-0.25, -0.2) is 0 Å². The van der Waals surface area contributed by atoms with Gasteiger partial charge in [0.25, 0.3) is 0 Å². The lowest BCUT2D eigenvalue weighted by atomic mass is 10.1. The number of benzene rings is 3. The van der Waals surface area contributed by atoms with Crippen molar-refractivity contribution in [1.29, 1.82) is 0 Å². The van der Waals surface area contributed by atoms with Crippen molar-refractivity contribution < 1.29 is 9.59 Å². The summed E-state index contributed by atoms with van der Waals surface area (Å²) in [7, 11) is 0. The second-order valence-electron chi connectivity index (χ2n) is 7.19. The summed E-state index contributed by atoms with van der Waals surface area (Å²) in [5.74, 6) is -0.559. The number of carbonyl (C=O) groups is 2. The number of nitrogens with one attached hydrogen (secondary N) is 2. The van der Waals surface area contributed by atoms with Crippen molar-refractivity contribution in [3.63, 3.8) is 0 Å². The largest absolute Gasteiger partial charge is 0.348 e. The van der Waals surface area contributed by atoms with E-state index < -0.39 is 0 Å². The zero-order valence-electron chi connectivity index (χ0n) is 17.8. The van der Waals surface area contributed by atoms with Crippen LogP contribution in [0.4, 0.5) is 0 Å². The maximum Gasteiger partial charge on any atom is 0.244 e. The highest BCUT2D eigenvalue weighted by atomic mass is 35.5. The molecule has 0 atom stereocenters. The Balaban J connectivity index is 1.51. The van der Waals surface area contributed by atoms with Gasteiger partial charge in [-0.3, -0.25) is 9.59 Å². The topological polar surface area (TPSA) is 58.2 Å². The molecule has 0 saturated heterocycles. The van der Waals surface area contributed by atoms with Crippen LogP contribution in [0.5, 0.6) is 0 Å². The van der Waals surface area contributed by atoms with Gasteiger partial charge < -0.3 is 10.6 Å². The van der Waals surface area contributed by atoms with Crippen LogP contribution in [0.1, 0.15) is 22.3 Å². The second kappa shape index (κ2) is 12.6. The van der Waals surface area contributed by atoms with Crippen molar-refractivity contribution in [2.24, 2.45) is 0 Å². The van der Waals surface area contributed by atoms with Crippen LogP contribution >= 0.6 is 46.4 Å². The molecule has 0 aliphatic heterocycles. The van der Waals surface area contributed by atoms with Gasteiger partial charge in [-0.2, -0.15) is 0 Å². The van der Waals surface area contributed by atoms with Crippen LogP contribution in [0.2, 0.25) is 20.1 Å². The number of amides is 2. The standard InChI is InChI=1S/C26H20Cl4N2O2/c27-21-6-2-7-22(28)19(21)10-12-25(33)31-15-17-4-1-5-18(14-17)16-32-26(34)13-11-20-23(29)8-3-9-24(20)30/h1-14H,15-16H2,(H,31,33)(H,32,34)/b12-10+,13-11+. The van der Waals surface area contributed by atoms with Gasteiger partial charge in [-0.15, -0.1) is 0 Å². The molecule has 4 nitrogen and oxygen atoms in total. The van der Waals surface area contributed by atoms with Gasteiger partial charge in [0, 0.05) is 56.5 Å². The molecule has 2 amide bonds. The van der Waals surface area contributed by atoms with Gasteiger partial charge >= 0.3 is 0 Å². The molecule has 2 N–H and O–H groups in total. The normalized spacial score (nSPS) is 11.2. The number of hydrogen-bond acceptors (Lipinski definition) is 2. The Bertz CT molecular complexity index is 1120. The molecule has 3 aromatic carbocycles. The minimum Gasteiger partial charge on any atom is -0.348 e. The van der Waals surface area contributed by atoms with E-state index in [1.54, 1.807) is 48.6 Å². The van der Waals surface area contributed by atoms with Crippen LogP contribution < -0.4 is 10.6 Å². The molecule has 0 aliphatic carbocycles. The SMILES string of the molecule is O=C(/C=C/c1c(Cl)cccc1Cl)NCc1cccc(CNC(=O)/C=C/c2c(Cl)cccc2Cl)c1. The van der Waals surface area contributed by atoms with E-state index in [0.29, 0.717) is 44.3 Å². The van der Waals surface area contributed by atoms with Crippen LogP contribution in [0, 0.1) is 0 Å². The van der Waals surface area contributed by atoms with Crippen LogP contribution in [0.15, 0.2) is 72.8 Å². The van der Waals surface area contributed by atoms with Crippen molar-refractivity contribution in [1.82, 2.24) is 10.6 Å². The zero-order valence-corrected chi connectivity index (χ0v) is 20.8. The average molecular weight is 534 g/mol. The van der Waals surface area contributed by atoms with Gasteiger partial charge in [0.2, 0.25) is 11.8 Å². The Morgan fingerprint density at radius 1 is 0.618 bits per heavy atom. The fourth-order valence-electron chi connectivity index (χ4n) is 3.00. The summed E-state index contributed by atoms with van der Waals surface area (Å²) in [5.41, 5.74) is 2.96. The van der Waals surface area contributed by atoms with E-state index in [2.05, 4.69) is 10.6 Å². The van der Waals surface area contributed by atoms with E-state index in [4.69, 9.17) is 46.4 Å². The zero-order chi connectivity index (χ0) is 24.5. The molecule has 0 aliphatic rings.